The van der Waals surface area contributed by atoms with Crippen LogP contribution in [0.5, 0.6) is 0 Å². The molecule has 1 N–H and O–H groups in total. The van der Waals surface area contributed by atoms with Gasteiger partial charge in [-0.3, -0.25) is 0 Å². The van der Waals surface area contributed by atoms with Crippen LogP contribution >= 0.6 is 0 Å². The number of halogens is 5. The van der Waals surface area contributed by atoms with Gasteiger partial charge in [0, 0.05) is 18.4 Å². The average Bonchev–Trinajstić information content (AvgIpc) is 2.21. The summed E-state index contributed by atoms with van der Waals surface area (Å²) < 4.78 is 62.7. The lowest BCUT2D eigenvalue weighted by molar-refractivity contribution is -0.137. The first-order valence-electron chi connectivity index (χ1n) is 5.83. The molecule has 1 atom stereocenters. The molecule has 6 heteroatoms. The summed E-state index contributed by atoms with van der Waals surface area (Å²) in [4.78, 5) is 0. The summed E-state index contributed by atoms with van der Waals surface area (Å²) in [7, 11) is 0. The molecule has 0 bridgehead atoms. The van der Waals surface area contributed by atoms with Gasteiger partial charge in [-0.05, 0) is 31.9 Å². The van der Waals surface area contributed by atoms with E-state index in [9.17, 15) is 27.1 Å². The molecule has 1 unspecified atom stereocenters. The fourth-order valence-electron chi connectivity index (χ4n) is 1.84. The van der Waals surface area contributed by atoms with E-state index in [2.05, 4.69) is 0 Å². The van der Waals surface area contributed by atoms with Gasteiger partial charge in [0.15, 0.2) is 0 Å². The Balaban J connectivity index is 2.64. The lowest BCUT2D eigenvalue weighted by Crippen LogP contribution is -2.28. The maximum Gasteiger partial charge on any atom is 0.389 e. The molecule has 1 aromatic rings. The minimum Gasteiger partial charge on any atom is -0.390 e. The van der Waals surface area contributed by atoms with E-state index in [4.69, 9.17) is 0 Å². The molecule has 0 fully saturated rings. The highest BCUT2D eigenvalue weighted by atomic mass is 19.4. The second-order valence-electron chi connectivity index (χ2n) is 4.84. The quantitative estimate of drug-likeness (QED) is 0.810. The van der Waals surface area contributed by atoms with E-state index in [1.807, 2.05) is 0 Å². The maximum absolute atomic E-state index is 13.4. The van der Waals surface area contributed by atoms with Crippen LogP contribution in [0.4, 0.5) is 22.0 Å². The highest BCUT2D eigenvalue weighted by molar-refractivity contribution is 5.21. The molecule has 0 heterocycles. The summed E-state index contributed by atoms with van der Waals surface area (Å²) in [6.07, 6.45) is -6.14. The van der Waals surface area contributed by atoms with Crippen LogP contribution in [-0.4, -0.2) is 16.9 Å². The van der Waals surface area contributed by atoms with Crippen LogP contribution < -0.4 is 0 Å². The minimum absolute atomic E-state index is 0.180. The molecule has 1 aromatic carbocycles. The van der Waals surface area contributed by atoms with Crippen LogP contribution in [0.15, 0.2) is 18.2 Å². The van der Waals surface area contributed by atoms with Crippen LogP contribution in [0.1, 0.15) is 31.7 Å². The highest BCUT2D eigenvalue weighted by Gasteiger charge is 2.30. The standard InChI is InChI=1S/C13H15F5O/c1-12(19,6-3-7-13(16,17)18)8-9-10(14)4-2-5-11(9)15/h2,4-5,19H,3,6-8H2,1H3. The van der Waals surface area contributed by atoms with Gasteiger partial charge in [-0.2, -0.15) is 13.2 Å². The number of benzene rings is 1. The molecule has 0 aromatic heterocycles. The number of hydrogen-bond donors (Lipinski definition) is 1. The Labute approximate surface area is 108 Å². The summed E-state index contributed by atoms with van der Waals surface area (Å²) in [5.41, 5.74) is -1.88. The van der Waals surface area contributed by atoms with Crippen LogP contribution in [-0.2, 0) is 6.42 Å². The van der Waals surface area contributed by atoms with E-state index in [1.54, 1.807) is 0 Å². The van der Waals surface area contributed by atoms with E-state index in [1.165, 1.54) is 13.0 Å². The zero-order valence-corrected chi connectivity index (χ0v) is 10.4. The molecular weight excluding hydrogens is 267 g/mol. The SMILES string of the molecule is CC(O)(CCCC(F)(F)F)Cc1c(F)cccc1F. The van der Waals surface area contributed by atoms with Gasteiger partial charge in [0.05, 0.1) is 5.60 Å². The molecule has 0 saturated heterocycles. The molecule has 0 aliphatic carbocycles. The molecule has 1 rings (SSSR count). The van der Waals surface area contributed by atoms with Crippen molar-refractivity contribution in [1.29, 1.82) is 0 Å². The Morgan fingerprint density at radius 3 is 2.05 bits per heavy atom. The Kier molecular flexibility index (Phi) is 4.90. The zero-order valence-electron chi connectivity index (χ0n) is 10.4. The molecular formula is C13H15F5O. The van der Waals surface area contributed by atoms with E-state index in [0.717, 1.165) is 12.1 Å². The van der Waals surface area contributed by atoms with Crippen LogP contribution in [0.2, 0.25) is 0 Å². The van der Waals surface area contributed by atoms with E-state index in [-0.39, 0.29) is 24.8 Å². The van der Waals surface area contributed by atoms with Crippen molar-refractivity contribution in [2.24, 2.45) is 0 Å². The zero-order chi connectivity index (χ0) is 14.7. The fourth-order valence-corrected chi connectivity index (χ4v) is 1.84. The van der Waals surface area contributed by atoms with Gasteiger partial charge in [0.1, 0.15) is 11.6 Å². The highest BCUT2D eigenvalue weighted by Crippen LogP contribution is 2.27. The Morgan fingerprint density at radius 1 is 1.05 bits per heavy atom. The largest absolute Gasteiger partial charge is 0.390 e. The van der Waals surface area contributed by atoms with E-state index < -0.39 is 29.8 Å². The summed E-state index contributed by atoms with van der Waals surface area (Å²) in [5.74, 6) is -1.62. The molecule has 0 radical (unpaired) electrons. The van der Waals surface area contributed by atoms with Crippen LogP contribution in [0.3, 0.4) is 0 Å². The van der Waals surface area contributed by atoms with Crippen molar-refractivity contribution < 1.29 is 27.1 Å². The number of aliphatic hydroxyl groups is 1. The van der Waals surface area contributed by atoms with E-state index in [0.29, 0.717) is 0 Å². The molecule has 0 aliphatic heterocycles. The van der Waals surface area contributed by atoms with Crippen LogP contribution in [0, 0.1) is 11.6 Å². The predicted molar refractivity (Wildman–Crippen MR) is 60.6 cm³/mol. The van der Waals surface area contributed by atoms with Crippen molar-refractivity contribution in [2.75, 3.05) is 0 Å². The second-order valence-corrected chi connectivity index (χ2v) is 4.84. The van der Waals surface area contributed by atoms with Crippen molar-refractivity contribution in [3.63, 3.8) is 0 Å². The number of hydrogen-bond acceptors (Lipinski definition) is 1. The van der Waals surface area contributed by atoms with Crippen molar-refractivity contribution in [1.82, 2.24) is 0 Å². The Hall–Kier alpha value is -1.17. The first-order valence-corrected chi connectivity index (χ1v) is 5.83. The van der Waals surface area contributed by atoms with Gasteiger partial charge < -0.3 is 5.11 Å². The molecule has 19 heavy (non-hydrogen) atoms. The number of alkyl halides is 3. The Morgan fingerprint density at radius 2 is 1.58 bits per heavy atom. The summed E-state index contributed by atoms with van der Waals surface area (Å²) >= 11 is 0. The van der Waals surface area contributed by atoms with Gasteiger partial charge in [-0.25, -0.2) is 8.78 Å². The molecule has 1 nitrogen and oxygen atoms in total. The normalized spacial score (nSPS) is 15.3. The van der Waals surface area contributed by atoms with Gasteiger partial charge in [0.2, 0.25) is 0 Å². The van der Waals surface area contributed by atoms with Gasteiger partial charge in [-0.15, -0.1) is 0 Å². The maximum atomic E-state index is 13.4. The van der Waals surface area contributed by atoms with Crippen molar-refractivity contribution in [2.45, 2.75) is 44.4 Å². The predicted octanol–water partition coefficient (Wildman–Crippen LogP) is 3.99. The topological polar surface area (TPSA) is 20.2 Å². The third-order valence-corrected chi connectivity index (χ3v) is 2.79. The first kappa shape index (κ1) is 15.9. The summed E-state index contributed by atoms with van der Waals surface area (Å²) in [6, 6.07) is 3.28. The average molecular weight is 282 g/mol. The van der Waals surface area contributed by atoms with E-state index >= 15 is 0 Å². The number of rotatable bonds is 5. The van der Waals surface area contributed by atoms with Crippen molar-refractivity contribution >= 4 is 0 Å². The Bertz CT molecular complexity index is 405. The third kappa shape index (κ3) is 5.55. The lowest BCUT2D eigenvalue weighted by atomic mass is 9.90. The molecule has 0 amide bonds. The van der Waals surface area contributed by atoms with Crippen molar-refractivity contribution in [3.05, 3.63) is 35.4 Å². The van der Waals surface area contributed by atoms with Gasteiger partial charge in [-0.1, -0.05) is 6.07 Å². The molecule has 0 aliphatic rings. The first-order chi connectivity index (χ1) is 8.61. The smallest absolute Gasteiger partial charge is 0.389 e. The summed E-state index contributed by atoms with van der Waals surface area (Å²) in [5, 5.41) is 9.91. The monoisotopic (exact) mass is 282 g/mol. The molecule has 0 saturated carbocycles. The second kappa shape index (κ2) is 5.86. The lowest BCUT2D eigenvalue weighted by Gasteiger charge is -2.24. The molecule has 0 spiro atoms. The van der Waals surface area contributed by atoms with Gasteiger partial charge >= 0.3 is 6.18 Å². The minimum atomic E-state index is -4.29. The summed E-state index contributed by atoms with van der Waals surface area (Å²) in [6.45, 7) is 1.27. The molecule has 108 valence electrons. The van der Waals surface area contributed by atoms with Crippen LogP contribution in [0.25, 0.3) is 0 Å². The van der Waals surface area contributed by atoms with Gasteiger partial charge in [0.25, 0.3) is 0 Å². The third-order valence-electron chi connectivity index (χ3n) is 2.79. The fraction of sp³-hybridized carbons (Fsp3) is 0.538. The van der Waals surface area contributed by atoms with Crippen molar-refractivity contribution in [3.8, 4) is 0 Å².